The van der Waals surface area contributed by atoms with Crippen molar-refractivity contribution < 1.29 is 22.7 Å². The van der Waals surface area contributed by atoms with Gasteiger partial charge in [0.25, 0.3) is 5.91 Å². The molecule has 1 heterocycles. The summed E-state index contributed by atoms with van der Waals surface area (Å²) in [4.78, 5) is 15.1. The van der Waals surface area contributed by atoms with E-state index in [-0.39, 0.29) is 22.4 Å². The predicted molar refractivity (Wildman–Crippen MR) is 119 cm³/mol. The Morgan fingerprint density at radius 2 is 1.97 bits per heavy atom. The monoisotopic (exact) mass is 532 g/mol. The summed E-state index contributed by atoms with van der Waals surface area (Å²) in [5.74, 6) is -0.351. The first-order valence-corrected chi connectivity index (χ1v) is 10.6. The average molecular weight is 532 g/mol. The number of fused-ring (bicyclic) bond motifs is 1. The number of amides is 1. The molecule has 8 heteroatoms. The third kappa shape index (κ3) is 4.74. The minimum absolute atomic E-state index is 0.0690. The van der Waals surface area contributed by atoms with Crippen molar-refractivity contribution in [2.45, 2.75) is 38.4 Å². The van der Waals surface area contributed by atoms with E-state index < -0.39 is 18.5 Å². The molecule has 0 atom stereocenters. The van der Waals surface area contributed by atoms with Crippen molar-refractivity contribution in [1.82, 2.24) is 4.90 Å². The standard InChI is InChI=1S/C22H24F3IN2O2/c1-21(2)17-10-15(11-18(26)16(17)7-8-28(21)3)27-20(29)13-5-6-19(30-4)14(9-13)12-22(23,24)25/h5-6,9-11H,7-8,12H2,1-4H3,(H,27,29). The summed E-state index contributed by atoms with van der Waals surface area (Å²) in [5.41, 5.74) is 2.94. The van der Waals surface area contributed by atoms with Crippen LogP contribution in [-0.4, -0.2) is 37.7 Å². The predicted octanol–water partition coefficient (Wildman–Crippen LogP) is 5.38. The topological polar surface area (TPSA) is 41.6 Å². The number of nitrogens with one attached hydrogen (secondary N) is 1. The lowest BCUT2D eigenvalue weighted by molar-refractivity contribution is -0.127. The van der Waals surface area contributed by atoms with Crippen LogP contribution in [0.1, 0.15) is 40.9 Å². The fourth-order valence-corrected chi connectivity index (χ4v) is 4.65. The number of methoxy groups -OCH3 is 1. The molecule has 3 rings (SSSR count). The van der Waals surface area contributed by atoms with Crippen molar-refractivity contribution in [2.24, 2.45) is 0 Å². The zero-order valence-electron chi connectivity index (χ0n) is 17.3. The third-order valence-electron chi connectivity index (χ3n) is 5.70. The van der Waals surface area contributed by atoms with E-state index in [0.29, 0.717) is 5.69 Å². The lowest BCUT2D eigenvalue weighted by Gasteiger charge is -2.42. The molecule has 0 radical (unpaired) electrons. The van der Waals surface area contributed by atoms with Crippen molar-refractivity contribution in [3.05, 3.63) is 56.2 Å². The largest absolute Gasteiger partial charge is 0.496 e. The maximum atomic E-state index is 12.9. The highest BCUT2D eigenvalue weighted by atomic mass is 127. The Hall–Kier alpha value is -1.81. The Kier molecular flexibility index (Phi) is 6.38. The Morgan fingerprint density at radius 3 is 2.60 bits per heavy atom. The van der Waals surface area contributed by atoms with Crippen LogP contribution in [0, 0.1) is 3.57 Å². The molecule has 1 aliphatic rings. The zero-order chi connectivity index (χ0) is 22.3. The first-order valence-electron chi connectivity index (χ1n) is 9.51. The smallest absolute Gasteiger partial charge is 0.393 e. The van der Waals surface area contributed by atoms with Crippen molar-refractivity contribution in [3.8, 4) is 5.75 Å². The molecule has 0 saturated carbocycles. The molecule has 0 spiro atoms. The van der Waals surface area contributed by atoms with Gasteiger partial charge in [-0.3, -0.25) is 9.69 Å². The zero-order valence-corrected chi connectivity index (χ0v) is 19.4. The van der Waals surface area contributed by atoms with E-state index in [2.05, 4.69) is 53.7 Å². The van der Waals surface area contributed by atoms with Crippen LogP contribution in [0.25, 0.3) is 0 Å². The second-order valence-electron chi connectivity index (χ2n) is 7.99. The van der Waals surface area contributed by atoms with Crippen LogP contribution in [0.4, 0.5) is 18.9 Å². The van der Waals surface area contributed by atoms with Gasteiger partial charge in [0.1, 0.15) is 5.75 Å². The van der Waals surface area contributed by atoms with Gasteiger partial charge in [0, 0.05) is 32.5 Å². The van der Waals surface area contributed by atoms with E-state index in [4.69, 9.17) is 4.74 Å². The molecule has 2 aromatic carbocycles. The molecule has 0 unspecified atom stereocenters. The summed E-state index contributed by atoms with van der Waals surface area (Å²) in [5, 5.41) is 2.84. The van der Waals surface area contributed by atoms with Crippen LogP contribution in [-0.2, 0) is 18.4 Å². The van der Waals surface area contributed by atoms with E-state index in [1.54, 1.807) is 0 Å². The van der Waals surface area contributed by atoms with E-state index in [9.17, 15) is 18.0 Å². The van der Waals surface area contributed by atoms with Gasteiger partial charge in [-0.25, -0.2) is 0 Å². The summed E-state index contributed by atoms with van der Waals surface area (Å²) in [7, 11) is 3.38. The Balaban J connectivity index is 1.91. The fraction of sp³-hybridized carbons (Fsp3) is 0.409. The number of benzene rings is 2. The van der Waals surface area contributed by atoms with E-state index in [0.717, 1.165) is 22.1 Å². The second-order valence-corrected chi connectivity index (χ2v) is 9.15. The number of hydrogen-bond acceptors (Lipinski definition) is 3. The number of hydrogen-bond donors (Lipinski definition) is 1. The van der Waals surface area contributed by atoms with Gasteiger partial charge >= 0.3 is 6.18 Å². The second kappa shape index (κ2) is 8.37. The maximum absolute atomic E-state index is 12.9. The van der Waals surface area contributed by atoms with Crippen LogP contribution in [0.2, 0.25) is 0 Å². The highest BCUT2D eigenvalue weighted by molar-refractivity contribution is 14.1. The minimum Gasteiger partial charge on any atom is -0.496 e. The molecule has 1 N–H and O–H groups in total. The molecule has 0 aliphatic carbocycles. The van der Waals surface area contributed by atoms with Crippen molar-refractivity contribution in [3.63, 3.8) is 0 Å². The highest BCUT2D eigenvalue weighted by Crippen LogP contribution is 2.38. The molecule has 0 bridgehead atoms. The lowest BCUT2D eigenvalue weighted by Crippen LogP contribution is -2.44. The van der Waals surface area contributed by atoms with Gasteiger partial charge in [0.15, 0.2) is 0 Å². The molecule has 162 valence electrons. The van der Waals surface area contributed by atoms with Crippen molar-refractivity contribution >= 4 is 34.2 Å². The number of nitrogens with zero attached hydrogens (tertiary/aromatic N) is 1. The van der Waals surface area contributed by atoms with Crippen molar-refractivity contribution in [1.29, 1.82) is 0 Å². The fourth-order valence-electron chi connectivity index (χ4n) is 3.75. The van der Waals surface area contributed by atoms with Crippen molar-refractivity contribution in [2.75, 3.05) is 26.0 Å². The van der Waals surface area contributed by atoms with Crippen LogP contribution in [0.15, 0.2) is 30.3 Å². The number of likely N-dealkylation sites (N-methyl/N-ethyl adjacent to an activating group) is 1. The summed E-state index contributed by atoms with van der Waals surface area (Å²) in [6, 6.07) is 7.96. The van der Waals surface area contributed by atoms with Crippen LogP contribution in [0.5, 0.6) is 5.75 Å². The van der Waals surface area contributed by atoms with Gasteiger partial charge in [-0.05, 0) is 91.4 Å². The number of halogens is 4. The molecular formula is C22H24F3IN2O2. The molecule has 1 aliphatic heterocycles. The molecule has 1 amide bonds. The quantitative estimate of drug-likeness (QED) is 0.538. The molecule has 0 aromatic heterocycles. The van der Waals surface area contributed by atoms with Gasteiger partial charge in [-0.1, -0.05) is 0 Å². The van der Waals surface area contributed by atoms with Crippen LogP contribution < -0.4 is 10.1 Å². The molecular weight excluding hydrogens is 508 g/mol. The van der Waals surface area contributed by atoms with Gasteiger partial charge in [0.05, 0.1) is 13.5 Å². The molecule has 2 aromatic rings. The van der Waals surface area contributed by atoms with Gasteiger partial charge in [0.2, 0.25) is 0 Å². The Labute approximate surface area is 187 Å². The minimum atomic E-state index is -4.39. The summed E-state index contributed by atoms with van der Waals surface area (Å²) < 4.78 is 44.7. The first kappa shape index (κ1) is 22.9. The normalized spacial score (nSPS) is 16.1. The SMILES string of the molecule is COc1ccc(C(=O)Nc2cc(I)c3c(c2)C(C)(C)N(C)CC3)cc1CC(F)(F)F. The number of carbonyl (C=O) groups is 1. The van der Waals surface area contributed by atoms with E-state index in [1.165, 1.54) is 30.9 Å². The number of rotatable bonds is 4. The maximum Gasteiger partial charge on any atom is 0.393 e. The number of anilines is 1. The number of alkyl halides is 3. The Morgan fingerprint density at radius 1 is 1.27 bits per heavy atom. The average Bonchev–Trinajstić information content (AvgIpc) is 2.64. The van der Waals surface area contributed by atoms with Gasteiger partial charge in [-0.15, -0.1) is 0 Å². The van der Waals surface area contributed by atoms with Crippen LogP contribution >= 0.6 is 22.6 Å². The van der Waals surface area contributed by atoms with Gasteiger partial charge < -0.3 is 10.1 Å². The van der Waals surface area contributed by atoms with E-state index in [1.807, 2.05) is 12.1 Å². The number of carbonyl (C=O) groups excluding carboxylic acids is 1. The summed E-state index contributed by atoms with van der Waals surface area (Å²) in [6.07, 6.45) is -4.62. The molecule has 0 fully saturated rings. The number of ether oxygens (including phenoxy) is 1. The summed E-state index contributed by atoms with van der Waals surface area (Å²) >= 11 is 2.27. The Bertz CT molecular complexity index is 974. The molecule has 4 nitrogen and oxygen atoms in total. The van der Waals surface area contributed by atoms with Gasteiger partial charge in [-0.2, -0.15) is 13.2 Å². The molecule has 0 saturated heterocycles. The third-order valence-corrected chi connectivity index (χ3v) is 6.66. The first-order chi connectivity index (χ1) is 13.9. The molecule has 30 heavy (non-hydrogen) atoms. The van der Waals surface area contributed by atoms with E-state index >= 15 is 0 Å². The highest BCUT2D eigenvalue weighted by Gasteiger charge is 2.33. The van der Waals surface area contributed by atoms with Crippen LogP contribution in [0.3, 0.4) is 0 Å². The summed E-state index contributed by atoms with van der Waals surface area (Å²) in [6.45, 7) is 5.23. The lowest BCUT2D eigenvalue weighted by atomic mass is 9.83.